The molecule has 0 aliphatic carbocycles. The molecule has 3 aromatic rings. The molecule has 1 fully saturated rings. The molecule has 4 rings (SSSR count). The van der Waals surface area contributed by atoms with E-state index in [4.69, 9.17) is 25.9 Å². The molecule has 0 amide bonds. The normalized spacial score (nSPS) is 15.7. The number of piperidine rings is 1. The smallest absolute Gasteiger partial charge is 0.152 e. The number of likely N-dealkylation sites (tertiary alicyclic amines) is 1. The van der Waals surface area contributed by atoms with Crippen molar-refractivity contribution in [2.45, 2.75) is 52.5 Å². The van der Waals surface area contributed by atoms with Gasteiger partial charge in [-0.2, -0.15) is 0 Å². The van der Waals surface area contributed by atoms with E-state index in [2.05, 4.69) is 34.4 Å². The van der Waals surface area contributed by atoms with Crippen LogP contribution in [0.2, 0.25) is 0 Å². The lowest BCUT2D eigenvalue weighted by Gasteiger charge is -2.32. The molecule has 0 radical (unpaired) electrons. The summed E-state index contributed by atoms with van der Waals surface area (Å²) in [6.45, 7) is 11.8. The number of fused-ring (bicyclic) bond motifs is 3. The maximum absolute atomic E-state index is 6.37. The fraction of sp³-hybridized carbons (Fsp3) is 0.680. The molecule has 0 spiro atoms. The van der Waals surface area contributed by atoms with Crippen molar-refractivity contribution in [1.29, 1.82) is 0 Å². The largest absolute Gasteiger partial charge is 0.382 e. The first-order valence-corrected chi connectivity index (χ1v) is 13.5. The van der Waals surface area contributed by atoms with Crippen LogP contribution in [0, 0.1) is 12.8 Å². The van der Waals surface area contributed by atoms with E-state index in [0.717, 1.165) is 68.9 Å². The minimum Gasteiger partial charge on any atom is -0.382 e. The Balaban J connectivity index is 1.40. The maximum atomic E-state index is 6.37. The van der Waals surface area contributed by atoms with Crippen LogP contribution in [0.1, 0.15) is 43.3 Å². The van der Waals surface area contributed by atoms with Crippen LogP contribution in [-0.2, 0) is 22.4 Å². The Hall–Kier alpha value is -1.78. The van der Waals surface area contributed by atoms with E-state index in [1.807, 2.05) is 0 Å². The molecule has 0 atom stereocenters. The van der Waals surface area contributed by atoms with Gasteiger partial charge in [-0.1, -0.05) is 13.3 Å². The van der Waals surface area contributed by atoms with E-state index in [1.54, 1.807) is 11.3 Å². The van der Waals surface area contributed by atoms with Crippen LogP contribution in [0.5, 0.6) is 0 Å². The zero-order valence-corrected chi connectivity index (χ0v) is 21.5. The van der Waals surface area contributed by atoms with Gasteiger partial charge in [0, 0.05) is 30.9 Å². The van der Waals surface area contributed by atoms with Crippen LogP contribution in [-0.4, -0.2) is 72.0 Å². The molecule has 34 heavy (non-hydrogen) atoms. The van der Waals surface area contributed by atoms with Gasteiger partial charge in [-0.15, -0.1) is 11.3 Å². The van der Waals surface area contributed by atoms with Crippen molar-refractivity contribution in [3.05, 3.63) is 16.8 Å². The summed E-state index contributed by atoms with van der Waals surface area (Å²) in [4.78, 5) is 13.4. The van der Waals surface area contributed by atoms with Crippen LogP contribution in [0.25, 0.3) is 21.3 Å². The Kier molecular flexibility index (Phi) is 9.13. The molecule has 0 bridgehead atoms. The minimum atomic E-state index is 0.556. The molecule has 9 heteroatoms. The van der Waals surface area contributed by atoms with Crippen LogP contribution in [0.3, 0.4) is 0 Å². The number of aromatic nitrogens is 3. The van der Waals surface area contributed by atoms with Gasteiger partial charge in [0.15, 0.2) is 5.82 Å². The molecule has 0 unspecified atom stereocenters. The number of nitrogens with two attached hydrogens (primary N) is 2. The monoisotopic (exact) mass is 488 g/mol. The van der Waals surface area contributed by atoms with Gasteiger partial charge in [0.1, 0.15) is 11.3 Å². The second-order valence-electron chi connectivity index (χ2n) is 9.31. The zero-order chi connectivity index (χ0) is 23.9. The van der Waals surface area contributed by atoms with Crippen LogP contribution in [0.15, 0.2) is 6.07 Å². The van der Waals surface area contributed by atoms with Gasteiger partial charge in [-0.25, -0.2) is 9.97 Å². The van der Waals surface area contributed by atoms with E-state index in [0.29, 0.717) is 38.1 Å². The quantitative estimate of drug-likeness (QED) is 0.354. The number of imidazole rings is 1. The summed E-state index contributed by atoms with van der Waals surface area (Å²) >= 11 is 1.81. The second-order valence-corrected chi connectivity index (χ2v) is 10.6. The van der Waals surface area contributed by atoms with E-state index < -0.39 is 0 Å². The van der Waals surface area contributed by atoms with Gasteiger partial charge in [-0.05, 0) is 51.3 Å². The number of unbranched alkanes of at least 4 members (excludes halogenated alkanes) is 1. The van der Waals surface area contributed by atoms with E-state index in [-0.39, 0.29) is 0 Å². The Labute approximate surface area is 206 Å². The van der Waals surface area contributed by atoms with Crippen molar-refractivity contribution in [3.63, 3.8) is 0 Å². The Bertz CT molecular complexity index is 1060. The molecule has 0 saturated carbocycles. The first-order chi connectivity index (χ1) is 16.6. The number of hydrogen-bond donors (Lipinski definition) is 2. The number of hydrogen-bond acceptors (Lipinski definition) is 8. The van der Waals surface area contributed by atoms with Gasteiger partial charge in [0.25, 0.3) is 0 Å². The average Bonchev–Trinajstić information content (AvgIpc) is 3.38. The SMILES string of the molecule is CCCCc1nc2c(N)nc3cc(C)sc3c2n1CC1CCN(CCOCCOCCN)CC1. The van der Waals surface area contributed by atoms with Gasteiger partial charge >= 0.3 is 0 Å². The number of anilines is 1. The minimum absolute atomic E-state index is 0.556. The number of thiophene rings is 1. The van der Waals surface area contributed by atoms with Gasteiger partial charge in [-0.3, -0.25) is 0 Å². The Morgan fingerprint density at radius 3 is 2.62 bits per heavy atom. The number of nitrogen functional groups attached to an aromatic ring is 1. The lowest BCUT2D eigenvalue weighted by Crippen LogP contribution is -2.37. The number of rotatable bonds is 13. The van der Waals surface area contributed by atoms with Crippen molar-refractivity contribution in [2.75, 3.05) is 58.3 Å². The molecule has 4 heterocycles. The Morgan fingerprint density at radius 1 is 1.12 bits per heavy atom. The van der Waals surface area contributed by atoms with Crippen molar-refractivity contribution < 1.29 is 9.47 Å². The predicted octanol–water partition coefficient (Wildman–Crippen LogP) is 3.58. The molecule has 188 valence electrons. The summed E-state index contributed by atoms with van der Waals surface area (Å²) in [5.41, 5.74) is 14.9. The van der Waals surface area contributed by atoms with E-state index in [1.165, 1.54) is 27.9 Å². The highest BCUT2D eigenvalue weighted by molar-refractivity contribution is 7.19. The summed E-state index contributed by atoms with van der Waals surface area (Å²) in [7, 11) is 0. The van der Waals surface area contributed by atoms with Gasteiger partial charge in [0.2, 0.25) is 0 Å². The van der Waals surface area contributed by atoms with Crippen molar-refractivity contribution in [2.24, 2.45) is 11.7 Å². The first-order valence-electron chi connectivity index (χ1n) is 12.7. The molecule has 1 saturated heterocycles. The fourth-order valence-electron chi connectivity index (χ4n) is 4.82. The van der Waals surface area contributed by atoms with E-state index in [9.17, 15) is 0 Å². The van der Waals surface area contributed by atoms with E-state index >= 15 is 0 Å². The number of ether oxygens (including phenoxy) is 2. The van der Waals surface area contributed by atoms with Crippen molar-refractivity contribution in [3.8, 4) is 0 Å². The van der Waals surface area contributed by atoms with Crippen molar-refractivity contribution in [1.82, 2.24) is 19.4 Å². The highest BCUT2D eigenvalue weighted by Crippen LogP contribution is 2.35. The maximum Gasteiger partial charge on any atom is 0.152 e. The van der Waals surface area contributed by atoms with Crippen LogP contribution < -0.4 is 11.5 Å². The van der Waals surface area contributed by atoms with Gasteiger partial charge < -0.3 is 30.4 Å². The highest BCUT2D eigenvalue weighted by Gasteiger charge is 2.24. The summed E-state index contributed by atoms with van der Waals surface area (Å²) < 4.78 is 14.8. The fourth-order valence-corrected chi connectivity index (χ4v) is 5.82. The number of nitrogens with zero attached hydrogens (tertiary/aromatic N) is 4. The predicted molar refractivity (Wildman–Crippen MR) is 141 cm³/mol. The summed E-state index contributed by atoms with van der Waals surface area (Å²) in [5.74, 6) is 2.36. The third-order valence-corrected chi connectivity index (χ3v) is 7.72. The molecule has 1 aliphatic heterocycles. The molecule has 1 aliphatic rings. The third-order valence-electron chi connectivity index (χ3n) is 6.67. The molecular formula is C25H40N6O2S. The molecule has 0 aromatic carbocycles. The number of aryl methyl sites for hydroxylation is 2. The van der Waals surface area contributed by atoms with Gasteiger partial charge in [0.05, 0.1) is 42.2 Å². The molecule has 3 aromatic heterocycles. The summed E-state index contributed by atoms with van der Waals surface area (Å²) in [6.07, 6.45) is 5.67. The van der Waals surface area contributed by atoms with Crippen LogP contribution in [0.4, 0.5) is 5.82 Å². The molecule has 8 nitrogen and oxygen atoms in total. The molecular weight excluding hydrogens is 448 g/mol. The second kappa shape index (κ2) is 12.3. The summed E-state index contributed by atoms with van der Waals surface area (Å²) in [6, 6.07) is 2.14. The average molecular weight is 489 g/mol. The van der Waals surface area contributed by atoms with Crippen LogP contribution >= 0.6 is 11.3 Å². The standard InChI is InChI=1S/C25H40N6O2S/c1-3-4-5-21-29-22-23(24-20(28-25(22)27)16-18(2)34-24)31(21)17-19-6-9-30(10-7-19)11-13-33-15-14-32-12-8-26/h16,19H,3-15,17,26H2,1-2H3,(H2,27,28). The lowest BCUT2D eigenvalue weighted by atomic mass is 9.96. The highest BCUT2D eigenvalue weighted by atomic mass is 32.1. The Morgan fingerprint density at radius 2 is 1.88 bits per heavy atom. The zero-order valence-electron chi connectivity index (χ0n) is 20.7. The van der Waals surface area contributed by atoms with Crippen molar-refractivity contribution >= 4 is 38.4 Å². The third kappa shape index (κ3) is 6.07. The molecule has 4 N–H and O–H groups in total. The summed E-state index contributed by atoms with van der Waals surface area (Å²) in [5, 5.41) is 0. The first kappa shape index (κ1) is 25.3. The number of pyridine rings is 1. The topological polar surface area (TPSA) is 104 Å². The lowest BCUT2D eigenvalue weighted by molar-refractivity contribution is 0.0364.